The molecule has 0 atom stereocenters. The van der Waals surface area contributed by atoms with Gasteiger partial charge in [-0.1, -0.05) is 30.3 Å². The first-order valence-electron chi connectivity index (χ1n) is 14.0. The lowest BCUT2D eigenvalue weighted by atomic mass is 10.1. The van der Waals surface area contributed by atoms with Crippen molar-refractivity contribution in [3.05, 3.63) is 78.6 Å². The molecule has 0 saturated carbocycles. The first kappa shape index (κ1) is 27.1. The second-order valence-electron chi connectivity index (χ2n) is 10.3. The Labute approximate surface area is 240 Å². The molecule has 2 aromatic heterocycles. The summed E-state index contributed by atoms with van der Waals surface area (Å²) in [6.07, 6.45) is 5.57. The Morgan fingerprint density at radius 3 is 2.66 bits per heavy atom. The van der Waals surface area contributed by atoms with Crippen molar-refractivity contribution in [1.82, 2.24) is 19.2 Å². The number of hydrogen-bond donors (Lipinski definition) is 2. The zero-order valence-corrected chi connectivity index (χ0v) is 23.6. The van der Waals surface area contributed by atoms with E-state index in [4.69, 9.17) is 4.74 Å². The number of amides is 2. The maximum Gasteiger partial charge on any atom is 0.335 e. The van der Waals surface area contributed by atoms with Crippen LogP contribution in [0.5, 0.6) is 5.75 Å². The average Bonchev–Trinajstić information content (AvgIpc) is 3.65. The van der Waals surface area contributed by atoms with Crippen LogP contribution in [0.4, 0.5) is 16.2 Å². The molecule has 1 fully saturated rings. The van der Waals surface area contributed by atoms with Crippen LogP contribution in [0.1, 0.15) is 18.4 Å². The van der Waals surface area contributed by atoms with Gasteiger partial charge in [0.25, 0.3) is 10.0 Å². The second kappa shape index (κ2) is 11.8. The van der Waals surface area contributed by atoms with E-state index >= 15 is 0 Å². The van der Waals surface area contributed by atoms with Gasteiger partial charge in [0.15, 0.2) is 0 Å². The Hall–Kier alpha value is -4.09. The zero-order chi connectivity index (χ0) is 28.2. The number of fused-ring (bicyclic) bond motifs is 2. The molecule has 0 radical (unpaired) electrons. The number of sulfonamides is 1. The minimum absolute atomic E-state index is 0.0805. The van der Waals surface area contributed by atoms with Crippen LogP contribution in [0.2, 0.25) is 0 Å². The number of aromatic nitrogens is 2. The fourth-order valence-corrected chi connectivity index (χ4v) is 6.93. The van der Waals surface area contributed by atoms with Crippen LogP contribution in [0.15, 0.2) is 78.0 Å². The Morgan fingerprint density at radius 2 is 1.83 bits per heavy atom. The van der Waals surface area contributed by atoms with E-state index in [1.165, 1.54) is 23.4 Å². The van der Waals surface area contributed by atoms with E-state index in [1.54, 1.807) is 36.7 Å². The van der Waals surface area contributed by atoms with Gasteiger partial charge in [-0.2, -0.15) is 0 Å². The number of urea groups is 1. The van der Waals surface area contributed by atoms with E-state index in [-0.39, 0.29) is 11.4 Å². The van der Waals surface area contributed by atoms with Crippen molar-refractivity contribution in [2.45, 2.75) is 24.2 Å². The monoisotopic (exact) mass is 574 g/mol. The highest BCUT2D eigenvalue weighted by molar-refractivity contribution is 7.89. The molecule has 41 heavy (non-hydrogen) atoms. The number of unbranched alkanes of at least 4 members (excludes halogenated alkanes) is 1. The number of para-hydroxylation sites is 1. The highest BCUT2D eigenvalue weighted by Gasteiger charge is 2.30. The maximum atomic E-state index is 13.5. The summed E-state index contributed by atoms with van der Waals surface area (Å²) < 4.78 is 33.9. The van der Waals surface area contributed by atoms with Crippen LogP contribution in [-0.2, 0) is 16.4 Å². The van der Waals surface area contributed by atoms with Gasteiger partial charge in [-0.05, 0) is 55.3 Å². The number of H-pyrrole nitrogens is 1. The van der Waals surface area contributed by atoms with Crippen molar-refractivity contribution in [3.63, 3.8) is 0 Å². The summed E-state index contributed by atoms with van der Waals surface area (Å²) in [6, 6.07) is 17.4. The van der Waals surface area contributed by atoms with Crippen LogP contribution in [0.25, 0.3) is 11.0 Å². The molecule has 0 unspecified atom stereocenters. The number of rotatable bonds is 9. The number of benzene rings is 2. The zero-order valence-electron chi connectivity index (χ0n) is 22.8. The lowest BCUT2D eigenvalue weighted by Gasteiger charge is -2.36. The third kappa shape index (κ3) is 5.73. The number of piperazine rings is 1. The van der Waals surface area contributed by atoms with Crippen molar-refractivity contribution in [2.24, 2.45) is 0 Å². The molecule has 2 aliphatic heterocycles. The topological polar surface area (TPSA) is 111 Å². The Morgan fingerprint density at radius 1 is 1.00 bits per heavy atom. The molecule has 0 spiro atoms. The van der Waals surface area contributed by atoms with E-state index in [2.05, 4.69) is 43.3 Å². The summed E-state index contributed by atoms with van der Waals surface area (Å²) in [5, 5.41) is 3.49. The van der Waals surface area contributed by atoms with E-state index in [1.807, 2.05) is 6.07 Å². The molecule has 10 nitrogen and oxygen atoms in total. The third-order valence-corrected chi connectivity index (χ3v) is 9.54. The number of nitrogens with one attached hydrogen (secondary N) is 2. The predicted molar refractivity (Wildman–Crippen MR) is 159 cm³/mol. The summed E-state index contributed by atoms with van der Waals surface area (Å²) in [5.41, 5.74) is 3.56. The number of hydrogen-bond acceptors (Lipinski definition) is 7. The molecule has 0 bridgehead atoms. The van der Waals surface area contributed by atoms with Crippen LogP contribution in [-0.4, -0.2) is 79.5 Å². The molecule has 2 amide bonds. The molecule has 2 aromatic carbocycles. The number of anilines is 2. The van der Waals surface area contributed by atoms with Gasteiger partial charge in [-0.25, -0.2) is 22.5 Å². The van der Waals surface area contributed by atoms with Crippen molar-refractivity contribution >= 4 is 38.5 Å². The van der Waals surface area contributed by atoms with E-state index in [0.29, 0.717) is 23.1 Å². The molecule has 11 heteroatoms. The van der Waals surface area contributed by atoms with Crippen molar-refractivity contribution in [3.8, 4) is 5.75 Å². The quantitative estimate of drug-likeness (QED) is 0.287. The van der Waals surface area contributed by atoms with Gasteiger partial charge in [-0.3, -0.25) is 4.90 Å². The lowest BCUT2D eigenvalue weighted by Crippen LogP contribution is -2.47. The van der Waals surface area contributed by atoms with Crippen molar-refractivity contribution in [2.75, 3.05) is 56.1 Å². The van der Waals surface area contributed by atoms with Crippen LogP contribution >= 0.6 is 0 Å². The highest BCUT2D eigenvalue weighted by atomic mass is 32.2. The first-order chi connectivity index (χ1) is 20.0. The number of ether oxygens (including phenoxy) is 1. The van der Waals surface area contributed by atoms with Crippen LogP contribution in [0, 0.1) is 0 Å². The Bertz CT molecular complexity index is 1620. The standard InChI is InChI=1S/C30H34N6O4S/c37-30(33-26-22-32-29-25(26)11-7-14-31-29)36(41(38,39)24-9-2-1-3-10-24)16-5-4-15-34-17-19-35(20-18-34)27-12-6-8-23-13-21-40-28(23)27/h1-3,6-12,14,22H,4-5,13,15-21H2,(H,31,32)(H,33,37). The third-order valence-electron chi connectivity index (χ3n) is 7.74. The normalized spacial score (nSPS) is 15.5. The summed E-state index contributed by atoms with van der Waals surface area (Å²) in [4.78, 5) is 25.5. The molecule has 4 aromatic rings. The van der Waals surface area contributed by atoms with Crippen molar-refractivity contribution in [1.29, 1.82) is 0 Å². The molecule has 6 rings (SSSR count). The molecule has 214 valence electrons. The number of aromatic amines is 1. The first-order valence-corrected chi connectivity index (χ1v) is 15.5. The van der Waals surface area contributed by atoms with Gasteiger partial charge in [0.1, 0.15) is 11.4 Å². The molecule has 0 aliphatic carbocycles. The van der Waals surface area contributed by atoms with Gasteiger partial charge in [0.05, 0.1) is 22.9 Å². The fourth-order valence-electron chi connectivity index (χ4n) is 5.54. The minimum Gasteiger partial charge on any atom is -0.491 e. The van der Waals surface area contributed by atoms with Gasteiger partial charge >= 0.3 is 6.03 Å². The smallest absolute Gasteiger partial charge is 0.335 e. The van der Waals surface area contributed by atoms with Crippen molar-refractivity contribution < 1.29 is 17.9 Å². The van der Waals surface area contributed by atoms with Gasteiger partial charge in [-0.15, -0.1) is 0 Å². The van der Waals surface area contributed by atoms with Gasteiger partial charge < -0.3 is 19.9 Å². The summed E-state index contributed by atoms with van der Waals surface area (Å²) >= 11 is 0. The summed E-state index contributed by atoms with van der Waals surface area (Å²) in [6.45, 7) is 5.34. The molecule has 4 heterocycles. The number of pyridine rings is 1. The summed E-state index contributed by atoms with van der Waals surface area (Å²) in [7, 11) is -4.04. The number of carbonyl (C=O) groups excluding carboxylic acids is 1. The Balaban J connectivity index is 1.07. The highest BCUT2D eigenvalue weighted by Crippen LogP contribution is 2.36. The average molecular weight is 575 g/mol. The van der Waals surface area contributed by atoms with Gasteiger partial charge in [0, 0.05) is 56.9 Å². The predicted octanol–water partition coefficient (Wildman–Crippen LogP) is 4.32. The van der Waals surface area contributed by atoms with E-state index in [0.717, 1.165) is 62.2 Å². The summed E-state index contributed by atoms with van der Waals surface area (Å²) in [5.74, 6) is 1.03. The molecular formula is C30H34N6O4S. The van der Waals surface area contributed by atoms with Crippen LogP contribution < -0.4 is 15.0 Å². The fraction of sp³-hybridized carbons (Fsp3) is 0.333. The van der Waals surface area contributed by atoms with E-state index < -0.39 is 16.1 Å². The largest absolute Gasteiger partial charge is 0.491 e. The Kier molecular flexibility index (Phi) is 7.80. The lowest BCUT2D eigenvalue weighted by molar-refractivity contribution is 0.231. The van der Waals surface area contributed by atoms with Crippen LogP contribution in [0.3, 0.4) is 0 Å². The SMILES string of the molecule is O=C(Nc1c[nH]c2ncccc12)N(CCCCN1CCN(c2cccc3c2OCC3)CC1)S(=O)(=O)c1ccccc1. The molecular weight excluding hydrogens is 540 g/mol. The number of carbonyl (C=O) groups is 1. The minimum atomic E-state index is -4.04. The number of nitrogens with zero attached hydrogens (tertiary/aromatic N) is 4. The maximum absolute atomic E-state index is 13.5. The molecule has 2 aliphatic rings. The molecule has 2 N–H and O–H groups in total. The van der Waals surface area contributed by atoms with E-state index in [9.17, 15) is 13.2 Å². The van der Waals surface area contributed by atoms with Gasteiger partial charge in [0.2, 0.25) is 0 Å². The second-order valence-corrected chi connectivity index (χ2v) is 12.2. The molecule has 1 saturated heterocycles.